The van der Waals surface area contributed by atoms with E-state index in [0.717, 1.165) is 64.2 Å². The molecule has 0 spiro atoms. The minimum atomic E-state index is -3.15. The predicted molar refractivity (Wildman–Crippen MR) is 78.9 cm³/mol. The Balaban J connectivity index is 1.81. The van der Waals surface area contributed by atoms with Crippen LogP contribution < -0.4 is 0 Å². The van der Waals surface area contributed by atoms with Crippen molar-refractivity contribution in [1.82, 2.24) is 4.31 Å². The van der Waals surface area contributed by atoms with E-state index in [9.17, 15) is 13.5 Å². The van der Waals surface area contributed by atoms with Crippen molar-refractivity contribution in [2.75, 3.05) is 6.54 Å². The zero-order chi connectivity index (χ0) is 14.2. The zero-order valence-electron chi connectivity index (χ0n) is 12.2. The van der Waals surface area contributed by atoms with Gasteiger partial charge in [0.2, 0.25) is 10.0 Å². The highest BCUT2D eigenvalue weighted by atomic mass is 32.2. The van der Waals surface area contributed by atoms with Crippen molar-refractivity contribution in [3.8, 4) is 0 Å². The highest BCUT2D eigenvalue weighted by Crippen LogP contribution is 2.38. The third-order valence-electron chi connectivity index (χ3n) is 5.57. The minimum absolute atomic E-state index is 0.0619. The molecule has 0 aromatic carbocycles. The third kappa shape index (κ3) is 2.64. The van der Waals surface area contributed by atoms with E-state index < -0.39 is 10.0 Å². The second-order valence-corrected chi connectivity index (χ2v) is 8.95. The van der Waals surface area contributed by atoms with Crippen molar-refractivity contribution in [1.29, 1.82) is 0 Å². The summed E-state index contributed by atoms with van der Waals surface area (Å²) >= 11 is 0. The first kappa shape index (κ1) is 14.8. The average Bonchev–Trinajstić information content (AvgIpc) is 3.10. The maximum absolute atomic E-state index is 12.9. The number of rotatable bonds is 3. The van der Waals surface area contributed by atoms with Crippen molar-refractivity contribution < 1.29 is 13.5 Å². The van der Waals surface area contributed by atoms with Gasteiger partial charge >= 0.3 is 0 Å². The fraction of sp³-hybridized carbons (Fsp3) is 1.00. The summed E-state index contributed by atoms with van der Waals surface area (Å²) in [4.78, 5) is 0. The maximum Gasteiger partial charge on any atom is 0.217 e. The Bertz CT molecular complexity index is 430. The van der Waals surface area contributed by atoms with E-state index in [1.54, 1.807) is 4.31 Å². The van der Waals surface area contributed by atoms with Gasteiger partial charge in [0.1, 0.15) is 0 Å². The molecule has 3 fully saturated rings. The zero-order valence-corrected chi connectivity index (χ0v) is 13.0. The summed E-state index contributed by atoms with van der Waals surface area (Å²) in [5.74, 6) is 0.173. The van der Waals surface area contributed by atoms with Crippen molar-refractivity contribution >= 4 is 10.0 Å². The van der Waals surface area contributed by atoms with Crippen molar-refractivity contribution in [3.05, 3.63) is 0 Å². The summed E-state index contributed by atoms with van der Waals surface area (Å²) in [6, 6.07) is 0.0619. The number of nitrogens with zero attached hydrogens (tertiary/aromatic N) is 1. The molecule has 116 valence electrons. The minimum Gasteiger partial charge on any atom is -0.393 e. The molecule has 20 heavy (non-hydrogen) atoms. The van der Waals surface area contributed by atoms with Gasteiger partial charge in [-0.25, -0.2) is 8.42 Å². The molecular weight excluding hydrogens is 274 g/mol. The Hall–Kier alpha value is -0.130. The summed E-state index contributed by atoms with van der Waals surface area (Å²) in [6.45, 7) is 0.673. The molecule has 3 aliphatic rings. The Labute approximate surface area is 122 Å². The van der Waals surface area contributed by atoms with Crippen molar-refractivity contribution in [2.45, 2.75) is 81.6 Å². The van der Waals surface area contributed by atoms with E-state index in [-0.39, 0.29) is 23.3 Å². The van der Waals surface area contributed by atoms with Crippen LogP contribution in [-0.2, 0) is 10.0 Å². The van der Waals surface area contributed by atoms with Crippen LogP contribution in [0.3, 0.4) is 0 Å². The molecular formula is C15H27NO3S. The topological polar surface area (TPSA) is 57.6 Å². The Morgan fingerprint density at radius 2 is 1.55 bits per heavy atom. The molecule has 1 aliphatic heterocycles. The van der Waals surface area contributed by atoms with Crippen LogP contribution >= 0.6 is 0 Å². The van der Waals surface area contributed by atoms with Gasteiger partial charge in [0.25, 0.3) is 0 Å². The highest BCUT2D eigenvalue weighted by molar-refractivity contribution is 7.89. The standard InChI is InChI=1S/C15H27NO3S/c17-15-10-5-8-13(15)14-9-3-4-11-16(14)20(18,19)12-6-1-2-7-12/h12-15,17H,1-11H2. The molecule has 0 bridgehead atoms. The molecule has 3 rings (SSSR count). The fourth-order valence-corrected chi connectivity index (χ4v) is 6.80. The highest BCUT2D eigenvalue weighted by Gasteiger charge is 2.44. The van der Waals surface area contributed by atoms with Gasteiger partial charge in [0.05, 0.1) is 11.4 Å². The molecule has 0 amide bonds. The molecule has 1 saturated heterocycles. The van der Waals surface area contributed by atoms with E-state index >= 15 is 0 Å². The SMILES string of the molecule is O=S(=O)(C1CCCC1)N1CCCCC1C1CCCC1O. The maximum atomic E-state index is 12.9. The van der Waals surface area contributed by atoms with Crippen LogP contribution in [0.25, 0.3) is 0 Å². The van der Waals surface area contributed by atoms with Gasteiger partial charge in [0, 0.05) is 18.5 Å². The van der Waals surface area contributed by atoms with Crippen molar-refractivity contribution in [3.63, 3.8) is 0 Å². The van der Waals surface area contributed by atoms with Crippen LogP contribution in [0.15, 0.2) is 0 Å². The molecule has 1 heterocycles. The quantitative estimate of drug-likeness (QED) is 0.870. The van der Waals surface area contributed by atoms with Crippen molar-refractivity contribution in [2.24, 2.45) is 5.92 Å². The number of piperidine rings is 1. The molecule has 3 atom stereocenters. The second kappa shape index (κ2) is 5.93. The molecule has 3 unspecified atom stereocenters. The number of hydrogen-bond donors (Lipinski definition) is 1. The normalized spacial score (nSPS) is 37.5. The van der Waals surface area contributed by atoms with Crippen LogP contribution in [0.1, 0.15) is 64.2 Å². The molecule has 0 aromatic heterocycles. The van der Waals surface area contributed by atoms with Crippen LogP contribution in [0.4, 0.5) is 0 Å². The van der Waals surface area contributed by atoms with Gasteiger partial charge in [0.15, 0.2) is 0 Å². The van der Waals surface area contributed by atoms with E-state index in [0.29, 0.717) is 6.54 Å². The number of aliphatic hydroxyl groups is 1. The summed E-state index contributed by atoms with van der Waals surface area (Å²) in [5.41, 5.74) is 0. The molecule has 2 saturated carbocycles. The monoisotopic (exact) mass is 301 g/mol. The predicted octanol–water partition coefficient (Wildman–Crippen LogP) is 2.27. The van der Waals surface area contributed by atoms with Crippen LogP contribution in [-0.4, -0.2) is 41.8 Å². The van der Waals surface area contributed by atoms with E-state index in [1.165, 1.54) is 0 Å². The molecule has 4 nitrogen and oxygen atoms in total. The molecule has 2 aliphatic carbocycles. The smallest absolute Gasteiger partial charge is 0.217 e. The van der Waals surface area contributed by atoms with Gasteiger partial charge in [-0.2, -0.15) is 4.31 Å². The van der Waals surface area contributed by atoms with Crippen LogP contribution in [0.2, 0.25) is 0 Å². The summed E-state index contributed by atoms with van der Waals surface area (Å²) < 4.78 is 27.6. The lowest BCUT2D eigenvalue weighted by molar-refractivity contribution is 0.0719. The third-order valence-corrected chi connectivity index (χ3v) is 8.00. The lowest BCUT2D eigenvalue weighted by atomic mass is 9.89. The molecule has 0 radical (unpaired) electrons. The first-order valence-corrected chi connectivity index (χ1v) is 9.80. The van der Waals surface area contributed by atoms with E-state index in [4.69, 9.17) is 0 Å². The van der Waals surface area contributed by atoms with Gasteiger partial charge in [-0.3, -0.25) is 0 Å². The summed E-state index contributed by atoms with van der Waals surface area (Å²) in [7, 11) is -3.15. The fourth-order valence-electron chi connectivity index (χ4n) is 4.47. The number of sulfonamides is 1. The lowest BCUT2D eigenvalue weighted by Gasteiger charge is -2.40. The largest absolute Gasteiger partial charge is 0.393 e. The lowest BCUT2D eigenvalue weighted by Crippen LogP contribution is -2.51. The number of hydrogen-bond acceptors (Lipinski definition) is 3. The summed E-state index contributed by atoms with van der Waals surface area (Å²) in [6.07, 6.45) is 9.37. The van der Waals surface area contributed by atoms with E-state index in [2.05, 4.69) is 0 Å². The molecule has 5 heteroatoms. The molecule has 0 aromatic rings. The van der Waals surface area contributed by atoms with Gasteiger partial charge in [-0.05, 0) is 38.5 Å². The first-order valence-electron chi connectivity index (χ1n) is 8.29. The number of aliphatic hydroxyl groups excluding tert-OH is 1. The van der Waals surface area contributed by atoms with E-state index in [1.807, 2.05) is 0 Å². The van der Waals surface area contributed by atoms with Gasteiger partial charge in [-0.1, -0.05) is 25.7 Å². The Morgan fingerprint density at radius 1 is 0.850 bits per heavy atom. The summed E-state index contributed by atoms with van der Waals surface area (Å²) in [5, 5.41) is 10.0. The van der Waals surface area contributed by atoms with Crippen LogP contribution in [0, 0.1) is 5.92 Å². The Kier molecular flexibility index (Phi) is 4.39. The van der Waals surface area contributed by atoms with Gasteiger partial charge in [-0.15, -0.1) is 0 Å². The average molecular weight is 301 g/mol. The molecule has 1 N–H and O–H groups in total. The Morgan fingerprint density at radius 3 is 2.20 bits per heavy atom. The van der Waals surface area contributed by atoms with Crippen LogP contribution in [0.5, 0.6) is 0 Å². The first-order chi connectivity index (χ1) is 9.60. The van der Waals surface area contributed by atoms with Gasteiger partial charge < -0.3 is 5.11 Å². The second-order valence-electron chi connectivity index (χ2n) is 6.79.